The molecule has 2 aromatic carbocycles. The summed E-state index contributed by atoms with van der Waals surface area (Å²) >= 11 is 1.64. The van der Waals surface area contributed by atoms with E-state index in [1.165, 1.54) is 6.08 Å². The van der Waals surface area contributed by atoms with Gasteiger partial charge in [0, 0.05) is 17.3 Å². The van der Waals surface area contributed by atoms with Crippen LogP contribution >= 0.6 is 11.3 Å². The predicted molar refractivity (Wildman–Crippen MR) is 101 cm³/mol. The minimum Gasteiger partial charge on any atom is -0.465 e. The van der Waals surface area contributed by atoms with Gasteiger partial charge in [-0.3, -0.25) is 4.79 Å². The maximum Gasteiger partial charge on any atom is 0.248 e. The van der Waals surface area contributed by atoms with E-state index in [1.807, 2.05) is 42.5 Å². The molecule has 0 aliphatic carbocycles. The van der Waals surface area contributed by atoms with Crippen LogP contribution in [-0.2, 0) is 4.79 Å². The Balaban J connectivity index is 1.54. The number of anilines is 1. The van der Waals surface area contributed by atoms with E-state index >= 15 is 0 Å². The molecular weight excluding hydrogens is 332 g/mol. The van der Waals surface area contributed by atoms with Crippen LogP contribution in [0.25, 0.3) is 26.9 Å². The zero-order valence-corrected chi connectivity index (χ0v) is 14.0. The molecule has 4 aromatic rings. The highest BCUT2D eigenvalue weighted by Gasteiger charge is 2.07. The van der Waals surface area contributed by atoms with Crippen LogP contribution < -0.4 is 5.32 Å². The quantitative estimate of drug-likeness (QED) is 0.516. The average molecular weight is 346 g/mol. The minimum atomic E-state index is -0.210. The Morgan fingerprint density at radius 2 is 2.00 bits per heavy atom. The first kappa shape index (κ1) is 15.4. The molecule has 25 heavy (non-hydrogen) atoms. The van der Waals surface area contributed by atoms with Crippen molar-refractivity contribution in [3.05, 3.63) is 78.8 Å². The molecule has 0 atom stereocenters. The second kappa shape index (κ2) is 6.75. The lowest BCUT2D eigenvalue weighted by molar-refractivity contribution is -0.111. The van der Waals surface area contributed by atoms with Gasteiger partial charge in [-0.05, 0) is 42.5 Å². The van der Waals surface area contributed by atoms with Crippen LogP contribution in [0, 0.1) is 0 Å². The Morgan fingerprint density at radius 3 is 2.84 bits per heavy atom. The van der Waals surface area contributed by atoms with Crippen molar-refractivity contribution >= 4 is 39.2 Å². The van der Waals surface area contributed by atoms with Crippen molar-refractivity contribution in [2.45, 2.75) is 0 Å². The summed E-state index contributed by atoms with van der Waals surface area (Å²) in [6.07, 6.45) is 4.65. The number of carbonyl (C=O) groups excluding carboxylic acids is 1. The zero-order valence-electron chi connectivity index (χ0n) is 13.2. The van der Waals surface area contributed by atoms with Crippen LogP contribution in [0.15, 0.2) is 77.4 Å². The number of amides is 1. The third-order valence-electron chi connectivity index (χ3n) is 3.61. The van der Waals surface area contributed by atoms with Crippen LogP contribution in [0.5, 0.6) is 0 Å². The van der Waals surface area contributed by atoms with Crippen molar-refractivity contribution in [3.63, 3.8) is 0 Å². The number of fused-ring (bicyclic) bond motifs is 1. The fourth-order valence-corrected chi connectivity index (χ4v) is 3.42. The number of nitrogens with zero attached hydrogens (tertiary/aromatic N) is 1. The number of para-hydroxylation sites is 1. The minimum absolute atomic E-state index is 0.210. The van der Waals surface area contributed by atoms with Gasteiger partial charge in [0.2, 0.25) is 5.91 Å². The molecule has 4 rings (SSSR count). The Kier molecular flexibility index (Phi) is 4.14. The van der Waals surface area contributed by atoms with Crippen LogP contribution in [0.1, 0.15) is 5.76 Å². The normalized spacial score (nSPS) is 11.2. The summed E-state index contributed by atoms with van der Waals surface area (Å²) in [5.41, 5.74) is 2.69. The molecule has 0 aliphatic rings. The van der Waals surface area contributed by atoms with E-state index in [-0.39, 0.29) is 5.91 Å². The third kappa shape index (κ3) is 3.51. The van der Waals surface area contributed by atoms with Gasteiger partial charge in [0.25, 0.3) is 0 Å². The molecular formula is C20H14N2O2S. The number of carbonyl (C=O) groups is 1. The average Bonchev–Trinajstić information content (AvgIpc) is 3.29. The number of furan rings is 1. The summed E-state index contributed by atoms with van der Waals surface area (Å²) in [5.74, 6) is 0.427. The first-order chi connectivity index (χ1) is 12.3. The maximum atomic E-state index is 12.0. The van der Waals surface area contributed by atoms with E-state index in [4.69, 9.17) is 4.42 Å². The number of nitrogens with one attached hydrogen (secondary N) is 1. The highest BCUT2D eigenvalue weighted by molar-refractivity contribution is 7.21. The fraction of sp³-hybridized carbons (Fsp3) is 0. The van der Waals surface area contributed by atoms with Gasteiger partial charge in [-0.2, -0.15) is 0 Å². The first-order valence-corrected chi connectivity index (χ1v) is 8.58. The largest absolute Gasteiger partial charge is 0.465 e. The number of rotatable bonds is 4. The van der Waals surface area contributed by atoms with Gasteiger partial charge in [0.1, 0.15) is 10.8 Å². The Morgan fingerprint density at radius 1 is 1.08 bits per heavy atom. The van der Waals surface area contributed by atoms with Gasteiger partial charge in [0.15, 0.2) is 0 Å². The first-order valence-electron chi connectivity index (χ1n) is 7.76. The van der Waals surface area contributed by atoms with Gasteiger partial charge in [-0.15, -0.1) is 11.3 Å². The van der Waals surface area contributed by atoms with E-state index in [1.54, 1.807) is 35.8 Å². The summed E-state index contributed by atoms with van der Waals surface area (Å²) in [4.78, 5) is 16.7. The summed E-state index contributed by atoms with van der Waals surface area (Å²) in [6.45, 7) is 0. The van der Waals surface area contributed by atoms with E-state index in [2.05, 4.69) is 16.4 Å². The van der Waals surface area contributed by atoms with Gasteiger partial charge in [-0.1, -0.05) is 24.3 Å². The Labute approximate surface area is 148 Å². The van der Waals surface area contributed by atoms with Crippen LogP contribution in [0.4, 0.5) is 5.69 Å². The number of hydrogen-bond acceptors (Lipinski definition) is 4. The molecule has 1 amide bonds. The van der Waals surface area contributed by atoms with E-state index in [9.17, 15) is 4.79 Å². The van der Waals surface area contributed by atoms with Gasteiger partial charge < -0.3 is 9.73 Å². The second-order valence-electron chi connectivity index (χ2n) is 5.41. The topological polar surface area (TPSA) is 55.1 Å². The number of thiazole rings is 1. The summed E-state index contributed by atoms with van der Waals surface area (Å²) in [5, 5.41) is 3.79. The molecule has 2 aromatic heterocycles. The van der Waals surface area contributed by atoms with Crippen molar-refractivity contribution in [2.75, 3.05) is 5.32 Å². The van der Waals surface area contributed by atoms with Crippen molar-refractivity contribution in [2.24, 2.45) is 0 Å². The Hall–Kier alpha value is -3.18. The predicted octanol–water partition coefficient (Wildman–Crippen LogP) is 5.21. The molecule has 0 radical (unpaired) electrons. The smallest absolute Gasteiger partial charge is 0.248 e. The van der Waals surface area contributed by atoms with Crippen LogP contribution in [-0.4, -0.2) is 10.9 Å². The van der Waals surface area contributed by atoms with Gasteiger partial charge in [0.05, 0.1) is 16.5 Å². The molecule has 0 saturated heterocycles. The lowest BCUT2D eigenvalue weighted by Gasteiger charge is -2.04. The summed E-state index contributed by atoms with van der Waals surface area (Å²) < 4.78 is 6.31. The van der Waals surface area contributed by atoms with Gasteiger partial charge in [-0.25, -0.2) is 4.98 Å². The molecule has 0 bridgehead atoms. The third-order valence-corrected chi connectivity index (χ3v) is 4.70. The molecule has 122 valence electrons. The highest BCUT2D eigenvalue weighted by Crippen LogP contribution is 2.31. The summed E-state index contributed by atoms with van der Waals surface area (Å²) in [6, 6.07) is 19.3. The lowest BCUT2D eigenvalue weighted by atomic mass is 10.2. The lowest BCUT2D eigenvalue weighted by Crippen LogP contribution is -2.07. The molecule has 0 aliphatic heterocycles. The van der Waals surface area contributed by atoms with E-state index < -0.39 is 0 Å². The Bertz CT molecular complexity index is 1020. The molecule has 4 nitrogen and oxygen atoms in total. The standard InChI is InChI=1S/C20H14N2O2S/c23-19(11-10-16-7-4-12-24-16)21-15-6-3-5-14(13-15)20-22-17-8-1-2-9-18(17)25-20/h1-13H,(H,21,23)/b11-10+. The van der Waals surface area contributed by atoms with E-state index in [0.29, 0.717) is 5.76 Å². The fourth-order valence-electron chi connectivity index (χ4n) is 2.45. The maximum absolute atomic E-state index is 12.0. The molecule has 0 unspecified atom stereocenters. The monoisotopic (exact) mass is 346 g/mol. The molecule has 0 saturated carbocycles. The second-order valence-corrected chi connectivity index (χ2v) is 6.44. The van der Waals surface area contributed by atoms with Crippen molar-refractivity contribution < 1.29 is 9.21 Å². The molecule has 0 spiro atoms. The van der Waals surface area contributed by atoms with Crippen molar-refractivity contribution in [1.82, 2.24) is 4.98 Å². The summed E-state index contributed by atoms with van der Waals surface area (Å²) in [7, 11) is 0. The van der Waals surface area contributed by atoms with Crippen LogP contribution in [0.3, 0.4) is 0 Å². The van der Waals surface area contributed by atoms with E-state index in [0.717, 1.165) is 26.5 Å². The number of benzene rings is 2. The van der Waals surface area contributed by atoms with Crippen LogP contribution in [0.2, 0.25) is 0 Å². The number of hydrogen-bond donors (Lipinski definition) is 1. The zero-order chi connectivity index (χ0) is 17.1. The number of aromatic nitrogens is 1. The van der Waals surface area contributed by atoms with Crippen molar-refractivity contribution in [3.8, 4) is 10.6 Å². The molecule has 2 heterocycles. The molecule has 1 N–H and O–H groups in total. The highest BCUT2D eigenvalue weighted by atomic mass is 32.1. The molecule has 0 fully saturated rings. The van der Waals surface area contributed by atoms with Gasteiger partial charge >= 0.3 is 0 Å². The van der Waals surface area contributed by atoms with Crippen molar-refractivity contribution in [1.29, 1.82) is 0 Å². The molecule has 5 heteroatoms. The SMILES string of the molecule is O=C(/C=C/c1ccco1)Nc1cccc(-c2nc3ccccc3s2)c1.